The number of nitrogens with zero attached hydrogens (tertiary/aromatic N) is 1. The lowest BCUT2D eigenvalue weighted by Crippen LogP contribution is -2.39. The first kappa shape index (κ1) is 16.8. The molecule has 0 unspecified atom stereocenters. The number of anilines is 1. The number of rotatable bonds is 4. The number of nitrogens with one attached hydrogen (secondary N) is 1. The van der Waals surface area contributed by atoms with Crippen molar-refractivity contribution < 1.29 is 19.1 Å². The van der Waals surface area contributed by atoms with Crippen LogP contribution in [-0.4, -0.2) is 47.1 Å². The smallest absolute Gasteiger partial charge is 0.308 e. The number of hydrogen-bond donors (Lipinski definition) is 1. The van der Waals surface area contributed by atoms with Crippen LogP contribution in [0, 0.1) is 0 Å². The predicted octanol–water partition coefficient (Wildman–Crippen LogP) is 2.04. The summed E-state index contributed by atoms with van der Waals surface area (Å²) in [6.07, 6.45) is 1.12. The van der Waals surface area contributed by atoms with E-state index in [9.17, 15) is 14.4 Å². The number of fused-ring (bicyclic) bond motifs is 1. The van der Waals surface area contributed by atoms with Crippen LogP contribution < -0.4 is 5.32 Å². The third-order valence-corrected chi connectivity index (χ3v) is 5.41. The number of esters is 1. The van der Waals surface area contributed by atoms with Crippen LogP contribution in [0.25, 0.3) is 0 Å². The van der Waals surface area contributed by atoms with Crippen LogP contribution in [0.1, 0.15) is 26.2 Å². The van der Waals surface area contributed by atoms with E-state index in [1.165, 1.54) is 11.8 Å². The molecule has 2 amide bonds. The second kappa shape index (κ2) is 7.25. The predicted molar refractivity (Wildman–Crippen MR) is 90.7 cm³/mol. The number of amides is 2. The summed E-state index contributed by atoms with van der Waals surface area (Å²) in [6, 6.07) is 7.46. The molecule has 1 fully saturated rings. The number of hydrogen-bond acceptors (Lipinski definition) is 5. The average Bonchev–Trinajstić information content (AvgIpc) is 3.09. The second-order valence-electron chi connectivity index (χ2n) is 5.96. The maximum absolute atomic E-state index is 12.2. The van der Waals surface area contributed by atoms with Crippen molar-refractivity contribution in [3.05, 3.63) is 24.3 Å². The molecule has 128 valence electrons. The molecule has 1 aromatic carbocycles. The zero-order chi connectivity index (χ0) is 17.1. The Morgan fingerprint density at radius 3 is 2.79 bits per heavy atom. The molecule has 3 rings (SSSR count). The van der Waals surface area contributed by atoms with Gasteiger partial charge in [0.25, 0.3) is 5.91 Å². The Kier molecular flexibility index (Phi) is 5.08. The molecular weight excluding hydrogens is 328 g/mol. The molecule has 1 N–H and O–H groups in total. The van der Waals surface area contributed by atoms with Gasteiger partial charge in [0.1, 0.15) is 0 Å². The molecule has 0 saturated carbocycles. The van der Waals surface area contributed by atoms with Gasteiger partial charge in [0.15, 0.2) is 6.10 Å². The number of thioether (sulfide) groups is 1. The fraction of sp³-hybridized carbons (Fsp3) is 0.471. The van der Waals surface area contributed by atoms with Crippen molar-refractivity contribution in [2.45, 2.75) is 42.4 Å². The molecule has 2 heterocycles. The van der Waals surface area contributed by atoms with Gasteiger partial charge in [-0.3, -0.25) is 14.4 Å². The molecule has 24 heavy (non-hydrogen) atoms. The molecule has 2 atom stereocenters. The highest BCUT2D eigenvalue weighted by Gasteiger charge is 2.31. The lowest BCUT2D eigenvalue weighted by molar-refractivity contribution is -0.158. The molecule has 7 heteroatoms. The van der Waals surface area contributed by atoms with Crippen molar-refractivity contribution in [3.8, 4) is 0 Å². The average molecular weight is 348 g/mol. The van der Waals surface area contributed by atoms with Crippen molar-refractivity contribution in [2.24, 2.45) is 0 Å². The Labute approximate surface area is 144 Å². The van der Waals surface area contributed by atoms with E-state index in [-0.39, 0.29) is 18.2 Å². The number of ether oxygens (including phenoxy) is 1. The first-order valence-electron chi connectivity index (χ1n) is 8.09. The van der Waals surface area contributed by atoms with E-state index >= 15 is 0 Å². The summed E-state index contributed by atoms with van der Waals surface area (Å²) in [4.78, 5) is 39.0. The highest BCUT2D eigenvalue weighted by Crippen LogP contribution is 2.36. The van der Waals surface area contributed by atoms with Gasteiger partial charge in [0.2, 0.25) is 5.91 Å². The van der Waals surface area contributed by atoms with E-state index in [4.69, 9.17) is 4.74 Å². The zero-order valence-electron chi connectivity index (χ0n) is 13.5. The Morgan fingerprint density at radius 2 is 2.04 bits per heavy atom. The molecular formula is C17H20N2O4S. The van der Waals surface area contributed by atoms with E-state index in [2.05, 4.69) is 5.32 Å². The Balaban J connectivity index is 1.55. The maximum atomic E-state index is 12.2. The van der Waals surface area contributed by atoms with Gasteiger partial charge in [-0.1, -0.05) is 12.1 Å². The van der Waals surface area contributed by atoms with Crippen molar-refractivity contribution in [1.82, 2.24) is 4.90 Å². The SMILES string of the molecule is C[C@@H](OC(=O)C[C@@H]1Sc2ccccc2NC1=O)C(=O)N1CCCC1. The summed E-state index contributed by atoms with van der Waals surface area (Å²) in [5.74, 6) is -0.900. The summed E-state index contributed by atoms with van der Waals surface area (Å²) >= 11 is 1.35. The number of likely N-dealkylation sites (tertiary alicyclic amines) is 1. The van der Waals surface area contributed by atoms with E-state index in [0.29, 0.717) is 0 Å². The molecule has 1 saturated heterocycles. The maximum Gasteiger partial charge on any atom is 0.308 e. The highest BCUT2D eigenvalue weighted by atomic mass is 32.2. The van der Waals surface area contributed by atoms with Crippen LogP contribution in [0.2, 0.25) is 0 Å². The topological polar surface area (TPSA) is 75.7 Å². The van der Waals surface area contributed by atoms with Gasteiger partial charge in [-0.15, -0.1) is 11.8 Å². The molecule has 0 aromatic heterocycles. The molecule has 2 aliphatic rings. The number of benzene rings is 1. The van der Waals surface area contributed by atoms with Gasteiger partial charge < -0.3 is 15.0 Å². The molecule has 1 aromatic rings. The summed E-state index contributed by atoms with van der Waals surface area (Å²) in [5.41, 5.74) is 0.759. The van der Waals surface area contributed by atoms with Gasteiger partial charge in [0.05, 0.1) is 17.4 Å². The Hall–Kier alpha value is -2.02. The zero-order valence-corrected chi connectivity index (χ0v) is 14.3. The van der Waals surface area contributed by atoms with Crippen LogP contribution in [-0.2, 0) is 19.1 Å². The summed E-state index contributed by atoms with van der Waals surface area (Å²) in [6.45, 7) is 3.03. The van der Waals surface area contributed by atoms with Crippen molar-refractivity contribution in [1.29, 1.82) is 0 Å². The number of carbonyl (C=O) groups is 3. The van der Waals surface area contributed by atoms with Crippen LogP contribution in [0.5, 0.6) is 0 Å². The van der Waals surface area contributed by atoms with Gasteiger partial charge in [0, 0.05) is 18.0 Å². The monoisotopic (exact) mass is 348 g/mol. The van der Waals surface area contributed by atoms with Crippen LogP contribution in [0.4, 0.5) is 5.69 Å². The van der Waals surface area contributed by atoms with Gasteiger partial charge in [-0.25, -0.2) is 0 Å². The normalized spacial score (nSPS) is 21.0. The fourth-order valence-corrected chi connectivity index (χ4v) is 3.96. The van der Waals surface area contributed by atoms with Gasteiger partial charge in [-0.2, -0.15) is 0 Å². The summed E-state index contributed by atoms with van der Waals surface area (Å²) in [5, 5.41) is 2.25. The molecule has 0 spiro atoms. The molecule has 0 aliphatic carbocycles. The molecule has 0 bridgehead atoms. The van der Waals surface area contributed by atoms with E-state index in [1.807, 2.05) is 24.3 Å². The van der Waals surface area contributed by atoms with Crippen molar-refractivity contribution in [2.75, 3.05) is 18.4 Å². The van der Waals surface area contributed by atoms with Gasteiger partial charge in [-0.05, 0) is 31.9 Å². The lowest BCUT2D eigenvalue weighted by atomic mass is 10.2. The van der Waals surface area contributed by atoms with Crippen molar-refractivity contribution in [3.63, 3.8) is 0 Å². The van der Waals surface area contributed by atoms with Crippen LogP contribution >= 0.6 is 11.8 Å². The number of para-hydroxylation sites is 1. The molecule has 0 radical (unpaired) electrons. The van der Waals surface area contributed by atoms with Crippen LogP contribution in [0.15, 0.2) is 29.2 Å². The second-order valence-corrected chi connectivity index (χ2v) is 7.21. The standard InChI is InChI=1S/C17H20N2O4S/c1-11(17(22)19-8-4-5-9-19)23-15(20)10-14-16(21)18-12-6-2-3-7-13(12)24-14/h2-3,6-7,11,14H,4-5,8-10H2,1H3,(H,18,21)/t11-,14+/m1/s1. The third kappa shape index (κ3) is 3.72. The minimum absolute atomic E-state index is 0.0531. The van der Waals surface area contributed by atoms with E-state index in [0.717, 1.165) is 36.5 Å². The minimum atomic E-state index is -0.806. The quantitative estimate of drug-likeness (QED) is 0.843. The molecule has 6 nitrogen and oxygen atoms in total. The lowest BCUT2D eigenvalue weighted by Gasteiger charge is -2.24. The van der Waals surface area contributed by atoms with Gasteiger partial charge >= 0.3 is 5.97 Å². The summed E-state index contributed by atoms with van der Waals surface area (Å²) in [7, 11) is 0. The first-order valence-corrected chi connectivity index (χ1v) is 8.97. The largest absolute Gasteiger partial charge is 0.452 e. The third-order valence-electron chi connectivity index (χ3n) is 4.13. The van der Waals surface area contributed by atoms with Crippen molar-refractivity contribution >= 4 is 35.2 Å². The van der Waals surface area contributed by atoms with E-state index in [1.54, 1.807) is 11.8 Å². The highest BCUT2D eigenvalue weighted by molar-refractivity contribution is 8.01. The van der Waals surface area contributed by atoms with Crippen LogP contribution in [0.3, 0.4) is 0 Å². The summed E-state index contributed by atoms with van der Waals surface area (Å²) < 4.78 is 5.24. The Morgan fingerprint density at radius 1 is 1.33 bits per heavy atom. The minimum Gasteiger partial charge on any atom is -0.452 e. The Bertz CT molecular complexity index is 658. The fourth-order valence-electron chi connectivity index (χ4n) is 2.87. The number of carbonyl (C=O) groups excluding carboxylic acids is 3. The first-order chi connectivity index (χ1) is 11.5. The molecule has 2 aliphatic heterocycles. The van der Waals surface area contributed by atoms with E-state index < -0.39 is 17.3 Å².